The Bertz CT molecular complexity index is 666. The molecule has 3 saturated carbocycles. The molecule has 4 aliphatic carbocycles. The smallest absolute Gasteiger partial charge is 0.0172 e. The van der Waals surface area contributed by atoms with Crippen molar-refractivity contribution in [2.24, 2.45) is 23.2 Å². The summed E-state index contributed by atoms with van der Waals surface area (Å²) in [6, 6.07) is 0. The van der Waals surface area contributed by atoms with Gasteiger partial charge in [-0.3, -0.25) is 0 Å². The molecule has 148 valence electrons. The summed E-state index contributed by atoms with van der Waals surface area (Å²) in [5, 5.41) is 3.94. The molecule has 2 atom stereocenters. The molecule has 4 aliphatic rings. The van der Waals surface area contributed by atoms with E-state index in [1.165, 1.54) is 88.3 Å². The van der Waals surface area contributed by atoms with Crippen molar-refractivity contribution < 1.29 is 0 Å². The van der Waals surface area contributed by atoms with E-state index in [0.717, 1.165) is 17.8 Å². The zero-order valence-corrected chi connectivity index (χ0v) is 17.7. The Balaban J connectivity index is 1.35. The Hall–Kier alpha value is -1.24. The first-order valence-corrected chi connectivity index (χ1v) is 11.5. The van der Waals surface area contributed by atoms with Crippen LogP contribution in [0.4, 0.5) is 0 Å². The molecule has 0 aromatic rings. The average Bonchev–Trinajstić information content (AvgIpc) is 3.06. The van der Waals surface area contributed by atoms with Gasteiger partial charge in [-0.1, -0.05) is 48.8 Å². The first-order chi connectivity index (χ1) is 13.0. The topological polar surface area (TPSA) is 12.0 Å². The standard InChI is InChI=1S/C26H39N/c1-18(2)26(13-14-26)20(4)23-11-10-21(16-23)17-27-25-12-9-19(3)15-24(25)22-7-5-6-8-22/h15,21-23,27H,1,4-14,16-17H2,2-3H3. The lowest BCUT2D eigenvalue weighted by molar-refractivity contribution is 0.473. The Morgan fingerprint density at radius 2 is 1.85 bits per heavy atom. The van der Waals surface area contributed by atoms with Gasteiger partial charge in [0.15, 0.2) is 0 Å². The molecule has 0 aromatic carbocycles. The second-order valence-electron chi connectivity index (χ2n) is 10.1. The third kappa shape index (κ3) is 3.84. The van der Waals surface area contributed by atoms with Crippen molar-refractivity contribution in [3.8, 4) is 0 Å². The molecule has 3 fully saturated rings. The summed E-state index contributed by atoms with van der Waals surface area (Å²) in [6.45, 7) is 14.5. The van der Waals surface area contributed by atoms with E-state index >= 15 is 0 Å². The lowest BCUT2D eigenvalue weighted by atomic mass is 9.81. The minimum Gasteiger partial charge on any atom is -0.388 e. The van der Waals surface area contributed by atoms with Gasteiger partial charge in [0.1, 0.15) is 0 Å². The Labute approximate surface area is 167 Å². The van der Waals surface area contributed by atoms with Crippen LogP contribution in [-0.2, 0) is 0 Å². The molecule has 0 bridgehead atoms. The van der Waals surface area contributed by atoms with E-state index in [4.69, 9.17) is 0 Å². The summed E-state index contributed by atoms with van der Waals surface area (Å²) in [5.41, 5.74) is 8.00. The van der Waals surface area contributed by atoms with Gasteiger partial charge < -0.3 is 5.32 Å². The van der Waals surface area contributed by atoms with Gasteiger partial charge in [0.2, 0.25) is 0 Å². The van der Waals surface area contributed by atoms with Crippen LogP contribution < -0.4 is 5.32 Å². The number of hydrogen-bond acceptors (Lipinski definition) is 1. The second kappa shape index (κ2) is 7.64. The SMILES string of the molecule is C=C(C)C1(C(=C)C2CCC(CNC3=C(C4CCCC4)C=C(C)CC3)C2)CC1. The first-order valence-electron chi connectivity index (χ1n) is 11.5. The minimum atomic E-state index is 0.316. The highest BCUT2D eigenvalue weighted by molar-refractivity contribution is 5.35. The van der Waals surface area contributed by atoms with E-state index in [1.54, 1.807) is 16.8 Å². The normalized spacial score (nSPS) is 30.4. The molecule has 0 saturated heterocycles. The van der Waals surface area contributed by atoms with Crippen LogP contribution in [0.5, 0.6) is 0 Å². The number of allylic oxidation sites excluding steroid dienone is 6. The molecule has 0 radical (unpaired) electrons. The second-order valence-corrected chi connectivity index (χ2v) is 10.1. The molecule has 1 N–H and O–H groups in total. The van der Waals surface area contributed by atoms with Gasteiger partial charge in [0.25, 0.3) is 0 Å². The number of rotatable bonds is 7. The van der Waals surface area contributed by atoms with Crippen LogP contribution in [0.15, 0.2) is 47.2 Å². The molecule has 1 nitrogen and oxygen atoms in total. The van der Waals surface area contributed by atoms with Crippen LogP contribution in [0.25, 0.3) is 0 Å². The molecule has 1 heteroatoms. The van der Waals surface area contributed by atoms with Gasteiger partial charge in [0.05, 0.1) is 0 Å². The molecule has 0 aromatic heterocycles. The summed E-state index contributed by atoms with van der Waals surface area (Å²) in [5.74, 6) is 2.37. The van der Waals surface area contributed by atoms with E-state index in [0.29, 0.717) is 5.41 Å². The largest absolute Gasteiger partial charge is 0.388 e. The molecule has 0 spiro atoms. The molecule has 0 heterocycles. The summed E-state index contributed by atoms with van der Waals surface area (Å²) in [4.78, 5) is 0. The summed E-state index contributed by atoms with van der Waals surface area (Å²) in [7, 11) is 0. The molecule has 27 heavy (non-hydrogen) atoms. The van der Waals surface area contributed by atoms with Crippen LogP contribution >= 0.6 is 0 Å². The zero-order valence-electron chi connectivity index (χ0n) is 17.7. The van der Waals surface area contributed by atoms with Crippen molar-refractivity contribution in [3.63, 3.8) is 0 Å². The first kappa shape index (κ1) is 19.1. The van der Waals surface area contributed by atoms with Gasteiger partial charge in [-0.15, -0.1) is 0 Å². The highest BCUT2D eigenvalue weighted by Crippen LogP contribution is 2.60. The van der Waals surface area contributed by atoms with Gasteiger partial charge in [-0.25, -0.2) is 0 Å². The maximum Gasteiger partial charge on any atom is 0.0172 e. The molecule has 0 amide bonds. The zero-order chi connectivity index (χ0) is 19.0. The third-order valence-electron chi connectivity index (χ3n) is 8.13. The Morgan fingerprint density at radius 3 is 2.52 bits per heavy atom. The monoisotopic (exact) mass is 365 g/mol. The summed E-state index contributed by atoms with van der Waals surface area (Å²) >= 11 is 0. The van der Waals surface area contributed by atoms with Crippen LogP contribution in [0.3, 0.4) is 0 Å². The van der Waals surface area contributed by atoms with E-state index in [-0.39, 0.29) is 0 Å². The highest BCUT2D eigenvalue weighted by atomic mass is 14.9. The maximum absolute atomic E-state index is 4.55. The van der Waals surface area contributed by atoms with Gasteiger partial charge >= 0.3 is 0 Å². The average molecular weight is 366 g/mol. The Kier molecular flexibility index (Phi) is 5.41. The molecule has 4 rings (SSSR count). The van der Waals surface area contributed by atoms with E-state index in [2.05, 4.69) is 38.4 Å². The lowest BCUT2D eigenvalue weighted by Crippen LogP contribution is -2.25. The van der Waals surface area contributed by atoms with Crippen molar-refractivity contribution in [2.45, 2.75) is 84.5 Å². The fraction of sp³-hybridized carbons (Fsp3) is 0.692. The van der Waals surface area contributed by atoms with Gasteiger partial charge in [0, 0.05) is 17.7 Å². The fourth-order valence-electron chi connectivity index (χ4n) is 6.06. The number of hydrogen-bond donors (Lipinski definition) is 1. The van der Waals surface area contributed by atoms with E-state index < -0.39 is 0 Å². The van der Waals surface area contributed by atoms with Crippen molar-refractivity contribution in [1.82, 2.24) is 5.32 Å². The minimum absolute atomic E-state index is 0.316. The lowest BCUT2D eigenvalue weighted by Gasteiger charge is -2.26. The van der Waals surface area contributed by atoms with Crippen LogP contribution in [0.2, 0.25) is 0 Å². The molecular weight excluding hydrogens is 326 g/mol. The van der Waals surface area contributed by atoms with Crippen LogP contribution in [0, 0.1) is 23.2 Å². The molecule has 0 aliphatic heterocycles. The fourth-order valence-corrected chi connectivity index (χ4v) is 6.06. The van der Waals surface area contributed by atoms with Gasteiger partial charge in [-0.05, 0) is 95.0 Å². The third-order valence-corrected chi connectivity index (χ3v) is 8.13. The van der Waals surface area contributed by atoms with E-state index in [1.807, 2.05) is 0 Å². The predicted octanol–water partition coefficient (Wildman–Crippen LogP) is 7.09. The Morgan fingerprint density at radius 1 is 1.11 bits per heavy atom. The summed E-state index contributed by atoms with van der Waals surface area (Å²) < 4.78 is 0. The van der Waals surface area contributed by atoms with Crippen LogP contribution in [-0.4, -0.2) is 6.54 Å². The molecule has 2 unspecified atom stereocenters. The number of nitrogens with one attached hydrogen (secondary N) is 1. The van der Waals surface area contributed by atoms with Crippen molar-refractivity contribution in [2.75, 3.05) is 6.54 Å². The van der Waals surface area contributed by atoms with E-state index in [9.17, 15) is 0 Å². The van der Waals surface area contributed by atoms with Crippen LogP contribution in [0.1, 0.15) is 84.5 Å². The predicted molar refractivity (Wildman–Crippen MR) is 116 cm³/mol. The van der Waals surface area contributed by atoms with Gasteiger partial charge in [-0.2, -0.15) is 0 Å². The quantitative estimate of drug-likeness (QED) is 0.475. The summed E-state index contributed by atoms with van der Waals surface area (Å²) in [6.07, 6.45) is 17.3. The van der Waals surface area contributed by atoms with Crippen molar-refractivity contribution in [1.29, 1.82) is 0 Å². The maximum atomic E-state index is 4.55. The van der Waals surface area contributed by atoms with Crippen molar-refractivity contribution in [3.05, 3.63) is 47.2 Å². The van der Waals surface area contributed by atoms with Crippen molar-refractivity contribution >= 4 is 0 Å². The highest BCUT2D eigenvalue weighted by Gasteiger charge is 2.48. The molecular formula is C26H39N.